The number of rotatable bonds is 7. The Morgan fingerprint density at radius 3 is 2.64 bits per heavy atom. The van der Waals surface area contributed by atoms with Crippen LogP contribution in [0.1, 0.15) is 42.6 Å². The van der Waals surface area contributed by atoms with Crippen molar-refractivity contribution >= 4 is 0 Å². The Hall–Kier alpha value is -2.14. The highest BCUT2D eigenvalue weighted by Gasteiger charge is 2.26. The molecule has 1 aromatic heterocycles. The molecular formula is C20H27N3O2. The summed E-state index contributed by atoms with van der Waals surface area (Å²) in [5.41, 5.74) is 2.41. The minimum Gasteiger partial charge on any atom is -0.497 e. The van der Waals surface area contributed by atoms with Crippen molar-refractivity contribution in [2.45, 2.75) is 38.6 Å². The van der Waals surface area contributed by atoms with E-state index in [1.165, 1.54) is 11.1 Å². The van der Waals surface area contributed by atoms with E-state index in [1.807, 2.05) is 24.5 Å². The second kappa shape index (κ2) is 8.30. The van der Waals surface area contributed by atoms with Crippen LogP contribution < -0.4 is 9.47 Å². The number of aryl methyl sites for hydroxylation is 1. The second-order valence-corrected chi connectivity index (χ2v) is 6.59. The summed E-state index contributed by atoms with van der Waals surface area (Å²) in [7, 11) is 3.43. The van der Waals surface area contributed by atoms with E-state index in [1.54, 1.807) is 14.2 Å². The molecule has 0 saturated carbocycles. The fraction of sp³-hybridized carbons (Fsp3) is 0.500. The highest BCUT2D eigenvalue weighted by Crippen LogP contribution is 2.36. The van der Waals surface area contributed by atoms with Gasteiger partial charge in [-0.05, 0) is 37.6 Å². The smallest absolute Gasteiger partial charge is 0.128 e. The Balaban J connectivity index is 1.65. The molecule has 3 rings (SSSR count). The normalized spacial score (nSPS) is 17.6. The first-order valence-electron chi connectivity index (χ1n) is 8.97. The SMILES string of the molecule is CCCc1ncc(CN2CCC(c3cc(OC)ccc3OC)C2)cn1. The predicted octanol–water partition coefficient (Wildman–Crippen LogP) is 3.44. The molecule has 1 fully saturated rings. The number of aromatic nitrogens is 2. The standard InChI is InChI=1S/C20H27N3O2/c1-4-5-20-21-11-15(12-22-20)13-23-9-8-16(14-23)18-10-17(24-2)6-7-19(18)25-3/h6-7,10-12,16H,4-5,8-9,13-14H2,1-3H3. The summed E-state index contributed by atoms with van der Waals surface area (Å²) < 4.78 is 10.9. The molecule has 1 saturated heterocycles. The van der Waals surface area contributed by atoms with Gasteiger partial charge in [0.05, 0.1) is 14.2 Å². The van der Waals surface area contributed by atoms with E-state index < -0.39 is 0 Å². The van der Waals surface area contributed by atoms with Crippen LogP contribution in [0.2, 0.25) is 0 Å². The van der Waals surface area contributed by atoms with Gasteiger partial charge >= 0.3 is 0 Å². The number of methoxy groups -OCH3 is 2. The van der Waals surface area contributed by atoms with Crippen molar-refractivity contribution in [3.05, 3.63) is 47.5 Å². The van der Waals surface area contributed by atoms with E-state index in [9.17, 15) is 0 Å². The van der Waals surface area contributed by atoms with Crippen LogP contribution in [0.25, 0.3) is 0 Å². The van der Waals surface area contributed by atoms with Crippen molar-refractivity contribution in [2.24, 2.45) is 0 Å². The molecule has 134 valence electrons. The molecule has 5 nitrogen and oxygen atoms in total. The van der Waals surface area contributed by atoms with Gasteiger partial charge in [-0.3, -0.25) is 4.90 Å². The molecule has 0 N–H and O–H groups in total. The Kier molecular flexibility index (Phi) is 5.87. The molecule has 1 aromatic carbocycles. The molecule has 1 aliphatic rings. The highest BCUT2D eigenvalue weighted by molar-refractivity contribution is 5.43. The zero-order valence-electron chi connectivity index (χ0n) is 15.4. The largest absolute Gasteiger partial charge is 0.497 e. The van der Waals surface area contributed by atoms with Gasteiger partial charge in [-0.25, -0.2) is 9.97 Å². The summed E-state index contributed by atoms with van der Waals surface area (Å²) in [4.78, 5) is 11.4. The van der Waals surface area contributed by atoms with Crippen LogP contribution in [0, 0.1) is 0 Å². The van der Waals surface area contributed by atoms with Crippen LogP contribution >= 0.6 is 0 Å². The maximum Gasteiger partial charge on any atom is 0.128 e. The van der Waals surface area contributed by atoms with Crippen molar-refractivity contribution in [3.8, 4) is 11.5 Å². The van der Waals surface area contributed by atoms with Gasteiger partial charge in [0, 0.05) is 48.9 Å². The number of ether oxygens (including phenoxy) is 2. The lowest BCUT2D eigenvalue weighted by Gasteiger charge is -2.18. The number of hydrogen-bond donors (Lipinski definition) is 0. The maximum atomic E-state index is 5.55. The quantitative estimate of drug-likeness (QED) is 0.772. The van der Waals surface area contributed by atoms with E-state index in [0.29, 0.717) is 5.92 Å². The third kappa shape index (κ3) is 4.28. The lowest BCUT2D eigenvalue weighted by atomic mass is 9.97. The van der Waals surface area contributed by atoms with E-state index >= 15 is 0 Å². The molecule has 1 aliphatic heterocycles. The molecule has 2 aromatic rings. The lowest BCUT2D eigenvalue weighted by molar-refractivity contribution is 0.324. The average molecular weight is 341 g/mol. The molecule has 5 heteroatoms. The number of nitrogens with zero attached hydrogens (tertiary/aromatic N) is 3. The van der Waals surface area contributed by atoms with Gasteiger partial charge in [0.15, 0.2) is 0 Å². The summed E-state index contributed by atoms with van der Waals surface area (Å²) in [6, 6.07) is 6.05. The zero-order chi connectivity index (χ0) is 17.6. The Bertz CT molecular complexity index is 688. The van der Waals surface area contributed by atoms with Crippen molar-refractivity contribution < 1.29 is 9.47 Å². The molecule has 0 aliphatic carbocycles. The van der Waals surface area contributed by atoms with Gasteiger partial charge in [-0.2, -0.15) is 0 Å². The van der Waals surface area contributed by atoms with Crippen LogP contribution in [0.4, 0.5) is 0 Å². The summed E-state index contributed by atoms with van der Waals surface area (Å²) >= 11 is 0. The van der Waals surface area contributed by atoms with E-state index in [-0.39, 0.29) is 0 Å². The topological polar surface area (TPSA) is 47.5 Å². The fourth-order valence-corrected chi connectivity index (χ4v) is 3.46. The van der Waals surface area contributed by atoms with Gasteiger partial charge in [0.2, 0.25) is 0 Å². The van der Waals surface area contributed by atoms with Gasteiger partial charge in [-0.1, -0.05) is 6.92 Å². The van der Waals surface area contributed by atoms with Crippen LogP contribution in [-0.2, 0) is 13.0 Å². The molecule has 0 spiro atoms. The van der Waals surface area contributed by atoms with E-state index in [2.05, 4.69) is 27.9 Å². The van der Waals surface area contributed by atoms with Gasteiger partial charge < -0.3 is 9.47 Å². The van der Waals surface area contributed by atoms with Gasteiger partial charge in [-0.15, -0.1) is 0 Å². The monoisotopic (exact) mass is 341 g/mol. The fourth-order valence-electron chi connectivity index (χ4n) is 3.46. The number of benzene rings is 1. The average Bonchev–Trinajstić information content (AvgIpc) is 3.11. The Morgan fingerprint density at radius 2 is 1.96 bits per heavy atom. The molecule has 0 bridgehead atoms. The Labute approximate surface area is 150 Å². The predicted molar refractivity (Wildman–Crippen MR) is 98.2 cm³/mol. The first kappa shape index (κ1) is 17.7. The minimum atomic E-state index is 0.463. The van der Waals surface area contributed by atoms with Crippen molar-refractivity contribution in [2.75, 3.05) is 27.3 Å². The minimum absolute atomic E-state index is 0.463. The summed E-state index contributed by atoms with van der Waals surface area (Å²) in [6.07, 6.45) is 7.09. The Morgan fingerprint density at radius 1 is 1.16 bits per heavy atom. The third-order valence-electron chi connectivity index (χ3n) is 4.79. The summed E-state index contributed by atoms with van der Waals surface area (Å²) in [5, 5.41) is 0. The van der Waals surface area contributed by atoms with Gasteiger partial charge in [0.25, 0.3) is 0 Å². The van der Waals surface area contributed by atoms with E-state index in [4.69, 9.17) is 9.47 Å². The molecule has 1 unspecified atom stereocenters. The first-order chi connectivity index (χ1) is 12.2. The first-order valence-corrected chi connectivity index (χ1v) is 8.97. The van der Waals surface area contributed by atoms with Gasteiger partial charge in [0.1, 0.15) is 17.3 Å². The number of hydrogen-bond acceptors (Lipinski definition) is 5. The van der Waals surface area contributed by atoms with Crippen LogP contribution in [0.3, 0.4) is 0 Å². The van der Waals surface area contributed by atoms with Crippen molar-refractivity contribution in [1.82, 2.24) is 14.9 Å². The second-order valence-electron chi connectivity index (χ2n) is 6.59. The molecule has 0 amide bonds. The third-order valence-corrected chi connectivity index (χ3v) is 4.79. The molecular weight excluding hydrogens is 314 g/mol. The maximum absolute atomic E-state index is 5.55. The zero-order valence-corrected chi connectivity index (χ0v) is 15.4. The van der Waals surface area contributed by atoms with E-state index in [0.717, 1.165) is 56.2 Å². The van der Waals surface area contributed by atoms with Crippen molar-refractivity contribution in [3.63, 3.8) is 0 Å². The van der Waals surface area contributed by atoms with Crippen molar-refractivity contribution in [1.29, 1.82) is 0 Å². The lowest BCUT2D eigenvalue weighted by Crippen LogP contribution is -2.20. The van der Waals surface area contributed by atoms with Crippen LogP contribution in [-0.4, -0.2) is 42.2 Å². The molecule has 0 radical (unpaired) electrons. The van der Waals surface area contributed by atoms with Crippen LogP contribution in [0.5, 0.6) is 11.5 Å². The molecule has 1 atom stereocenters. The number of likely N-dealkylation sites (tertiary alicyclic amines) is 1. The highest BCUT2D eigenvalue weighted by atomic mass is 16.5. The molecule has 2 heterocycles. The summed E-state index contributed by atoms with van der Waals surface area (Å²) in [5.74, 6) is 3.23. The van der Waals surface area contributed by atoms with Crippen LogP contribution in [0.15, 0.2) is 30.6 Å². The molecule has 25 heavy (non-hydrogen) atoms. The summed E-state index contributed by atoms with van der Waals surface area (Å²) in [6.45, 7) is 5.13.